The molecule has 2 aliphatic rings. The second-order valence-corrected chi connectivity index (χ2v) is 9.23. The van der Waals surface area contributed by atoms with Gasteiger partial charge in [-0.1, -0.05) is 11.6 Å². The second-order valence-electron chi connectivity index (χ2n) is 8.79. The molecule has 9 heteroatoms. The molecule has 0 radical (unpaired) electrons. The first-order chi connectivity index (χ1) is 16.5. The summed E-state index contributed by atoms with van der Waals surface area (Å²) in [5.41, 5.74) is 4.75. The largest absolute Gasteiger partial charge is 0.381 e. The van der Waals surface area contributed by atoms with Crippen LogP contribution in [0.2, 0.25) is 5.02 Å². The number of imidazole rings is 1. The number of amides is 1. The summed E-state index contributed by atoms with van der Waals surface area (Å²) in [5, 5.41) is 0.657. The van der Waals surface area contributed by atoms with Crippen LogP contribution in [0.4, 0.5) is 5.69 Å². The highest BCUT2D eigenvalue weighted by molar-refractivity contribution is 6.30. The van der Waals surface area contributed by atoms with E-state index < -0.39 is 0 Å². The van der Waals surface area contributed by atoms with Crippen molar-refractivity contribution >= 4 is 39.7 Å². The van der Waals surface area contributed by atoms with Gasteiger partial charge in [0.2, 0.25) is 0 Å². The molecule has 1 fully saturated rings. The average Bonchev–Trinajstić information content (AvgIpc) is 3.58. The lowest BCUT2D eigenvalue weighted by atomic mass is 10.0. The first-order valence-electron chi connectivity index (χ1n) is 11.3. The van der Waals surface area contributed by atoms with E-state index in [9.17, 15) is 9.59 Å². The fourth-order valence-electron chi connectivity index (χ4n) is 5.11. The van der Waals surface area contributed by atoms with Crippen LogP contribution < -0.4 is 10.5 Å². The van der Waals surface area contributed by atoms with Gasteiger partial charge in [0.15, 0.2) is 0 Å². The third kappa shape index (κ3) is 3.33. The second kappa shape index (κ2) is 8.23. The van der Waals surface area contributed by atoms with Crippen LogP contribution >= 0.6 is 11.6 Å². The maximum Gasteiger partial charge on any atom is 0.274 e. The van der Waals surface area contributed by atoms with Gasteiger partial charge in [-0.15, -0.1) is 0 Å². The van der Waals surface area contributed by atoms with Crippen LogP contribution in [0.15, 0.2) is 41.3 Å². The number of ether oxygens (including phenoxy) is 2. The van der Waals surface area contributed by atoms with Gasteiger partial charge in [-0.3, -0.25) is 14.0 Å². The lowest BCUT2D eigenvalue weighted by Gasteiger charge is -2.20. The van der Waals surface area contributed by atoms with Gasteiger partial charge >= 0.3 is 0 Å². The molecule has 0 spiro atoms. The van der Waals surface area contributed by atoms with Crippen molar-refractivity contribution in [1.29, 1.82) is 0 Å². The first-order valence-corrected chi connectivity index (χ1v) is 11.7. The molecule has 2 aromatic carbocycles. The highest BCUT2D eigenvalue weighted by Crippen LogP contribution is 2.33. The number of benzene rings is 2. The van der Waals surface area contributed by atoms with Crippen molar-refractivity contribution < 1.29 is 14.3 Å². The minimum Gasteiger partial charge on any atom is -0.381 e. The van der Waals surface area contributed by atoms with E-state index in [-0.39, 0.29) is 24.0 Å². The van der Waals surface area contributed by atoms with Crippen molar-refractivity contribution in [2.45, 2.75) is 25.4 Å². The zero-order chi connectivity index (χ0) is 23.4. The quantitative estimate of drug-likeness (QED) is 0.483. The van der Waals surface area contributed by atoms with Crippen molar-refractivity contribution in [2.24, 2.45) is 0 Å². The monoisotopic (exact) mass is 478 g/mol. The summed E-state index contributed by atoms with van der Waals surface area (Å²) < 4.78 is 12.9. The number of rotatable bonds is 4. The third-order valence-electron chi connectivity index (χ3n) is 6.74. The zero-order valence-corrected chi connectivity index (χ0v) is 19.4. The Bertz CT molecular complexity index is 1500. The van der Waals surface area contributed by atoms with Crippen LogP contribution in [0, 0.1) is 0 Å². The molecule has 0 aliphatic carbocycles. The van der Waals surface area contributed by atoms with Crippen molar-refractivity contribution in [3.05, 3.63) is 74.4 Å². The number of hydrogen-bond donors (Lipinski definition) is 1. The number of methoxy groups -OCH3 is 1. The van der Waals surface area contributed by atoms with Crippen molar-refractivity contribution in [1.82, 2.24) is 14.4 Å². The van der Waals surface area contributed by atoms with E-state index in [0.29, 0.717) is 41.4 Å². The van der Waals surface area contributed by atoms with Crippen LogP contribution in [-0.4, -0.2) is 47.1 Å². The number of nitrogens with zero attached hydrogens (tertiary/aromatic N) is 3. The van der Waals surface area contributed by atoms with E-state index in [1.165, 1.54) is 0 Å². The minimum atomic E-state index is -0.246. The van der Waals surface area contributed by atoms with Crippen LogP contribution in [0.5, 0.6) is 0 Å². The van der Waals surface area contributed by atoms with Crippen molar-refractivity contribution in [2.75, 3.05) is 31.8 Å². The molecular weight excluding hydrogens is 456 g/mol. The Morgan fingerprint density at radius 2 is 2.18 bits per heavy atom. The first kappa shape index (κ1) is 21.3. The molecule has 34 heavy (non-hydrogen) atoms. The summed E-state index contributed by atoms with van der Waals surface area (Å²) in [6, 6.07) is 9.27. The number of fused-ring (bicyclic) bond motifs is 4. The lowest BCUT2D eigenvalue weighted by Crippen LogP contribution is -2.30. The Kier molecular flexibility index (Phi) is 5.17. The number of carbonyl (C=O) groups excluding carboxylic acids is 1. The van der Waals surface area contributed by atoms with Gasteiger partial charge in [0, 0.05) is 42.5 Å². The molecule has 1 unspecified atom stereocenters. The summed E-state index contributed by atoms with van der Waals surface area (Å²) in [7, 11) is 1.60. The van der Waals surface area contributed by atoms with Crippen LogP contribution in [0.1, 0.15) is 39.6 Å². The normalized spacial score (nSPS) is 17.7. The molecule has 8 nitrogen and oxygen atoms in total. The Hall–Kier alpha value is -3.20. The van der Waals surface area contributed by atoms with E-state index in [2.05, 4.69) is 9.97 Å². The van der Waals surface area contributed by atoms with E-state index in [4.69, 9.17) is 21.1 Å². The molecule has 2 aliphatic heterocycles. The third-order valence-corrected chi connectivity index (χ3v) is 6.97. The molecule has 1 amide bonds. The average molecular weight is 479 g/mol. The Balaban J connectivity index is 1.52. The summed E-state index contributed by atoms with van der Waals surface area (Å²) in [6.45, 7) is 2.08. The van der Waals surface area contributed by atoms with Gasteiger partial charge in [-0.25, -0.2) is 4.98 Å². The molecular formula is C25H23ClN4O4. The Labute approximate surface area is 200 Å². The van der Waals surface area contributed by atoms with Crippen LogP contribution in [0.3, 0.4) is 0 Å². The Morgan fingerprint density at radius 3 is 2.97 bits per heavy atom. The number of carbonyl (C=O) groups is 1. The van der Waals surface area contributed by atoms with Crippen LogP contribution in [0.25, 0.3) is 16.6 Å². The number of halogens is 1. The predicted molar refractivity (Wildman–Crippen MR) is 129 cm³/mol. The van der Waals surface area contributed by atoms with Gasteiger partial charge in [-0.05, 0) is 54.3 Å². The molecule has 4 aromatic rings. The van der Waals surface area contributed by atoms with Crippen molar-refractivity contribution in [3.63, 3.8) is 0 Å². The molecule has 1 atom stereocenters. The number of anilines is 1. The number of aromatic amines is 1. The highest BCUT2D eigenvalue weighted by atomic mass is 35.5. The van der Waals surface area contributed by atoms with Gasteiger partial charge in [-0.2, -0.15) is 0 Å². The van der Waals surface area contributed by atoms with E-state index >= 15 is 0 Å². The SMILES string of the molecule is COCc1cc2c(cc1C(=O)N1CCc3cc(Cl)ccc31)[nH]c(=O)c1cnc(C3CCOC3)n12. The molecule has 6 rings (SSSR count). The smallest absolute Gasteiger partial charge is 0.274 e. The highest BCUT2D eigenvalue weighted by Gasteiger charge is 2.29. The molecule has 1 N–H and O–H groups in total. The van der Waals surface area contributed by atoms with Crippen LogP contribution in [-0.2, 0) is 22.5 Å². The molecule has 0 saturated carbocycles. The van der Waals surface area contributed by atoms with Gasteiger partial charge in [0.25, 0.3) is 11.5 Å². The van der Waals surface area contributed by atoms with Crippen molar-refractivity contribution in [3.8, 4) is 0 Å². The minimum absolute atomic E-state index is 0.118. The molecule has 4 heterocycles. The summed E-state index contributed by atoms with van der Waals surface area (Å²) in [5.74, 6) is 0.787. The molecule has 0 bridgehead atoms. The lowest BCUT2D eigenvalue weighted by molar-refractivity contribution is 0.0984. The molecule has 174 valence electrons. The summed E-state index contributed by atoms with van der Waals surface area (Å²) in [6.07, 6.45) is 3.20. The zero-order valence-electron chi connectivity index (χ0n) is 18.6. The standard InChI is InChI=1S/C25H23ClN4O4/c1-33-12-16-9-21-19(28-24(31)22-11-27-23(30(21)22)15-5-7-34-13-15)10-18(16)25(32)29-6-4-14-8-17(26)2-3-20(14)29/h2-3,8-11,15H,4-7,12-13H2,1H3,(H,28,31). The van der Waals surface area contributed by atoms with Gasteiger partial charge < -0.3 is 19.4 Å². The van der Waals surface area contributed by atoms with E-state index in [1.54, 1.807) is 30.3 Å². The number of nitrogens with one attached hydrogen (secondary N) is 1. The fraction of sp³-hybridized carbons (Fsp3) is 0.320. The summed E-state index contributed by atoms with van der Waals surface area (Å²) >= 11 is 6.14. The van der Waals surface area contributed by atoms with Gasteiger partial charge in [0.05, 0.1) is 30.4 Å². The molecule has 1 saturated heterocycles. The topological polar surface area (TPSA) is 88.9 Å². The number of aromatic nitrogens is 3. The predicted octanol–water partition coefficient (Wildman–Crippen LogP) is 3.68. The fourth-order valence-corrected chi connectivity index (χ4v) is 5.30. The van der Waals surface area contributed by atoms with Gasteiger partial charge in [0.1, 0.15) is 11.3 Å². The Morgan fingerprint density at radius 1 is 1.29 bits per heavy atom. The molecule has 2 aromatic heterocycles. The maximum absolute atomic E-state index is 13.7. The summed E-state index contributed by atoms with van der Waals surface area (Å²) in [4.78, 5) is 35.9. The van der Waals surface area contributed by atoms with E-state index in [1.807, 2.05) is 22.6 Å². The number of hydrogen-bond acceptors (Lipinski definition) is 5. The van der Waals surface area contributed by atoms with E-state index in [0.717, 1.165) is 41.0 Å². The maximum atomic E-state index is 13.7. The number of H-pyrrole nitrogens is 1.